The minimum Gasteiger partial charge on any atom is -0.427 e. The minimum absolute atomic E-state index is 0.0160. The predicted octanol–water partition coefficient (Wildman–Crippen LogP) is 3.61. The lowest BCUT2D eigenvalue weighted by Gasteiger charge is -2.05. The first-order valence-electron chi connectivity index (χ1n) is 6.50. The van der Waals surface area contributed by atoms with Gasteiger partial charge in [0.1, 0.15) is 13.2 Å². The largest absolute Gasteiger partial charge is 0.550 e. The Balaban J connectivity index is 1.62. The minimum atomic E-state index is -1.12. The highest BCUT2D eigenvalue weighted by Crippen LogP contribution is 2.04. The number of hydrogen-bond acceptors (Lipinski definition) is 6. The van der Waals surface area contributed by atoms with Gasteiger partial charge in [0.25, 0.3) is 0 Å². The first kappa shape index (κ1) is 15.4. The average Bonchev–Trinajstić information content (AvgIpc) is 2.58. The summed E-state index contributed by atoms with van der Waals surface area (Å²) in [5.74, 6) is 0. The van der Waals surface area contributed by atoms with E-state index in [4.69, 9.17) is 9.47 Å². The highest BCUT2D eigenvalue weighted by Gasteiger charge is 2.12. The van der Waals surface area contributed by atoms with Gasteiger partial charge in [0.05, 0.1) is 0 Å². The summed E-state index contributed by atoms with van der Waals surface area (Å²) in [6.45, 7) is 0.0319. The van der Waals surface area contributed by atoms with Gasteiger partial charge in [0.15, 0.2) is 0 Å². The molecule has 0 spiro atoms. The zero-order chi connectivity index (χ0) is 15.6. The van der Waals surface area contributed by atoms with Crippen molar-refractivity contribution in [3.8, 4) is 0 Å². The van der Waals surface area contributed by atoms with Crippen LogP contribution in [0.5, 0.6) is 0 Å². The molecule has 0 aliphatic rings. The quantitative estimate of drug-likeness (QED) is 0.488. The van der Waals surface area contributed by atoms with E-state index in [1.165, 1.54) is 0 Å². The summed E-state index contributed by atoms with van der Waals surface area (Å²) in [6.07, 6.45) is -2.25. The Labute approximate surface area is 127 Å². The second-order valence-electron chi connectivity index (χ2n) is 4.22. The van der Waals surface area contributed by atoms with Gasteiger partial charge in [-0.2, -0.15) is 19.4 Å². The summed E-state index contributed by atoms with van der Waals surface area (Å²) in [7, 11) is 0. The molecular formula is C16H14O6. The van der Waals surface area contributed by atoms with Gasteiger partial charge in [-0.25, -0.2) is 0 Å². The summed E-state index contributed by atoms with van der Waals surface area (Å²) in [4.78, 5) is 30.8. The van der Waals surface area contributed by atoms with E-state index in [1.54, 1.807) is 24.3 Å². The molecule has 0 bridgehead atoms. The second kappa shape index (κ2) is 8.31. The molecule has 2 aromatic rings. The molecule has 0 saturated heterocycles. The summed E-state index contributed by atoms with van der Waals surface area (Å²) < 4.78 is 9.49. The van der Waals surface area contributed by atoms with Crippen LogP contribution in [0.15, 0.2) is 60.7 Å². The van der Waals surface area contributed by atoms with Gasteiger partial charge in [0.2, 0.25) is 0 Å². The molecular weight excluding hydrogens is 288 g/mol. The molecule has 114 valence electrons. The second-order valence-corrected chi connectivity index (χ2v) is 4.22. The van der Waals surface area contributed by atoms with Gasteiger partial charge in [-0.1, -0.05) is 60.7 Å². The summed E-state index contributed by atoms with van der Waals surface area (Å²) in [5.41, 5.74) is 1.57. The summed E-state index contributed by atoms with van der Waals surface area (Å²) >= 11 is 0. The van der Waals surface area contributed by atoms with E-state index in [0.717, 1.165) is 11.1 Å². The van der Waals surface area contributed by atoms with Crippen molar-refractivity contribution >= 4 is 12.3 Å². The maximum absolute atomic E-state index is 11.2. The molecule has 0 amide bonds. The monoisotopic (exact) mass is 302 g/mol. The zero-order valence-corrected chi connectivity index (χ0v) is 11.6. The first-order valence-corrected chi connectivity index (χ1v) is 6.50. The van der Waals surface area contributed by atoms with Crippen molar-refractivity contribution in [3.63, 3.8) is 0 Å². The van der Waals surface area contributed by atoms with Gasteiger partial charge in [-0.3, -0.25) is 0 Å². The molecule has 0 unspecified atom stereocenters. The van der Waals surface area contributed by atoms with Crippen molar-refractivity contribution in [2.75, 3.05) is 0 Å². The zero-order valence-electron chi connectivity index (χ0n) is 11.6. The lowest BCUT2D eigenvalue weighted by molar-refractivity contribution is -0.219. The van der Waals surface area contributed by atoms with Crippen molar-refractivity contribution < 1.29 is 28.8 Å². The molecule has 0 radical (unpaired) electrons. The van der Waals surface area contributed by atoms with E-state index in [-0.39, 0.29) is 13.2 Å². The van der Waals surface area contributed by atoms with Crippen molar-refractivity contribution in [1.82, 2.24) is 0 Å². The fourth-order valence-electron chi connectivity index (χ4n) is 1.55. The van der Waals surface area contributed by atoms with Gasteiger partial charge < -0.3 is 9.47 Å². The predicted molar refractivity (Wildman–Crippen MR) is 75.4 cm³/mol. The van der Waals surface area contributed by atoms with Crippen LogP contribution < -0.4 is 0 Å². The Morgan fingerprint density at radius 3 is 1.36 bits per heavy atom. The fraction of sp³-hybridized carbons (Fsp3) is 0.125. The number of carbonyl (C=O) groups excluding carboxylic acids is 2. The Morgan fingerprint density at radius 1 is 0.636 bits per heavy atom. The third-order valence-corrected chi connectivity index (χ3v) is 2.58. The topological polar surface area (TPSA) is 71.1 Å². The first-order chi connectivity index (χ1) is 10.7. The average molecular weight is 302 g/mol. The van der Waals surface area contributed by atoms with Crippen LogP contribution in [0, 0.1) is 0 Å². The van der Waals surface area contributed by atoms with Gasteiger partial charge in [-0.15, -0.1) is 0 Å². The van der Waals surface area contributed by atoms with Crippen LogP contribution in [0.25, 0.3) is 0 Å². The van der Waals surface area contributed by atoms with Crippen molar-refractivity contribution in [2.45, 2.75) is 13.2 Å². The molecule has 0 aromatic heterocycles. The van der Waals surface area contributed by atoms with Crippen LogP contribution in [-0.4, -0.2) is 12.3 Å². The molecule has 0 aliphatic heterocycles. The lowest BCUT2D eigenvalue weighted by Crippen LogP contribution is -2.13. The maximum atomic E-state index is 11.2. The lowest BCUT2D eigenvalue weighted by atomic mass is 10.2. The molecule has 0 fully saturated rings. The third-order valence-electron chi connectivity index (χ3n) is 2.58. The van der Waals surface area contributed by atoms with Crippen molar-refractivity contribution in [3.05, 3.63) is 71.8 Å². The van der Waals surface area contributed by atoms with Crippen LogP contribution in [0.1, 0.15) is 11.1 Å². The number of carbonyl (C=O) groups is 2. The van der Waals surface area contributed by atoms with E-state index in [0.29, 0.717) is 0 Å². The standard InChI is InChI=1S/C16H14O6/c17-15(19-11-13-7-3-1-4-8-13)21-22-16(18)20-12-14-9-5-2-6-10-14/h1-10H,11-12H2. The van der Waals surface area contributed by atoms with Crippen LogP contribution in [0.4, 0.5) is 9.59 Å². The molecule has 0 atom stereocenters. The van der Waals surface area contributed by atoms with Crippen molar-refractivity contribution in [2.24, 2.45) is 0 Å². The van der Waals surface area contributed by atoms with E-state index < -0.39 is 12.3 Å². The smallest absolute Gasteiger partial charge is 0.427 e. The molecule has 2 rings (SSSR count). The van der Waals surface area contributed by atoms with E-state index >= 15 is 0 Å². The Hall–Kier alpha value is -3.02. The molecule has 0 saturated carbocycles. The molecule has 2 aromatic carbocycles. The van der Waals surface area contributed by atoms with E-state index in [2.05, 4.69) is 9.78 Å². The van der Waals surface area contributed by atoms with Gasteiger partial charge in [-0.05, 0) is 11.1 Å². The highest BCUT2D eigenvalue weighted by molar-refractivity contribution is 5.63. The SMILES string of the molecule is O=C(OCc1ccccc1)OOC(=O)OCc1ccccc1. The Kier molecular flexibility index (Phi) is 5.80. The van der Waals surface area contributed by atoms with E-state index in [9.17, 15) is 9.59 Å². The number of ether oxygens (including phenoxy) is 2. The van der Waals surface area contributed by atoms with Gasteiger partial charge in [0, 0.05) is 0 Å². The molecule has 0 aliphatic carbocycles. The molecule has 0 heterocycles. The number of hydrogen-bond donors (Lipinski definition) is 0. The van der Waals surface area contributed by atoms with Crippen LogP contribution in [0.2, 0.25) is 0 Å². The number of rotatable bonds is 4. The summed E-state index contributed by atoms with van der Waals surface area (Å²) in [5, 5.41) is 0. The van der Waals surface area contributed by atoms with Gasteiger partial charge >= 0.3 is 12.3 Å². The van der Waals surface area contributed by atoms with Crippen molar-refractivity contribution in [1.29, 1.82) is 0 Å². The fourth-order valence-corrected chi connectivity index (χ4v) is 1.55. The maximum Gasteiger partial charge on any atom is 0.550 e. The summed E-state index contributed by atoms with van der Waals surface area (Å²) in [6, 6.07) is 18.0. The van der Waals surface area contributed by atoms with Crippen LogP contribution >= 0.6 is 0 Å². The third kappa shape index (κ3) is 5.54. The Bertz CT molecular complexity index is 541. The molecule has 6 nitrogen and oxygen atoms in total. The highest BCUT2D eigenvalue weighted by atomic mass is 17.3. The van der Waals surface area contributed by atoms with Crippen LogP contribution in [-0.2, 0) is 32.5 Å². The normalized spacial score (nSPS) is 9.64. The molecule has 22 heavy (non-hydrogen) atoms. The van der Waals surface area contributed by atoms with E-state index in [1.807, 2.05) is 36.4 Å². The Morgan fingerprint density at radius 2 is 1.00 bits per heavy atom. The number of benzene rings is 2. The van der Waals surface area contributed by atoms with Crippen LogP contribution in [0.3, 0.4) is 0 Å². The molecule has 6 heteroatoms. The molecule has 0 N–H and O–H groups in total.